The Morgan fingerprint density at radius 2 is 1.94 bits per heavy atom. The van der Waals surface area contributed by atoms with Crippen LogP contribution in [-0.4, -0.2) is 5.11 Å². The molecule has 0 spiro atoms. The Morgan fingerprint density at radius 3 is 2.67 bits per heavy atom. The molecule has 94 valence electrons. The molecule has 0 heterocycles. The number of benzene rings is 2. The minimum atomic E-state index is -0.450. The van der Waals surface area contributed by atoms with E-state index in [4.69, 9.17) is 5.73 Å². The second-order valence-electron chi connectivity index (χ2n) is 4.35. The monoisotopic (exact) mass is 242 g/mol. The van der Waals surface area contributed by atoms with Crippen LogP contribution < -0.4 is 11.1 Å². The van der Waals surface area contributed by atoms with E-state index in [2.05, 4.69) is 5.32 Å². The Labute approximate surface area is 107 Å². The van der Waals surface area contributed by atoms with Crippen LogP contribution in [0.2, 0.25) is 0 Å². The summed E-state index contributed by atoms with van der Waals surface area (Å²) in [6.45, 7) is 2.43. The smallest absolute Gasteiger partial charge is 0.0762 e. The van der Waals surface area contributed by atoms with Gasteiger partial charge in [-0.3, -0.25) is 0 Å². The number of nitrogens with one attached hydrogen (secondary N) is 1. The maximum Gasteiger partial charge on any atom is 0.0762 e. The molecule has 0 saturated heterocycles. The summed E-state index contributed by atoms with van der Waals surface area (Å²) in [6, 6.07) is 15.6. The minimum absolute atomic E-state index is 0.450. The number of anilines is 2. The van der Waals surface area contributed by atoms with E-state index < -0.39 is 6.10 Å². The first-order valence-corrected chi connectivity index (χ1v) is 6.02. The van der Waals surface area contributed by atoms with Gasteiger partial charge in [-0.05, 0) is 36.2 Å². The number of nitrogen functional groups attached to an aromatic ring is 1. The Kier molecular flexibility index (Phi) is 3.85. The molecule has 2 rings (SSSR count). The van der Waals surface area contributed by atoms with E-state index in [0.29, 0.717) is 6.54 Å². The van der Waals surface area contributed by atoms with Crippen molar-refractivity contribution >= 4 is 11.4 Å². The van der Waals surface area contributed by atoms with Crippen molar-refractivity contribution < 1.29 is 5.11 Å². The molecule has 0 fully saturated rings. The third kappa shape index (κ3) is 3.02. The number of hydrogen-bond acceptors (Lipinski definition) is 3. The van der Waals surface area contributed by atoms with Gasteiger partial charge in [0.25, 0.3) is 0 Å². The van der Waals surface area contributed by atoms with Crippen LogP contribution in [0.3, 0.4) is 0 Å². The van der Waals surface area contributed by atoms with Crippen LogP contribution in [0.15, 0.2) is 48.5 Å². The number of hydrogen-bond donors (Lipinski definition) is 3. The predicted molar refractivity (Wildman–Crippen MR) is 75.3 cm³/mol. The normalized spacial score (nSPS) is 12.1. The Morgan fingerprint density at radius 1 is 1.17 bits per heavy atom. The Hall–Kier alpha value is -2.00. The molecule has 3 nitrogen and oxygen atoms in total. The second-order valence-corrected chi connectivity index (χ2v) is 4.35. The van der Waals surface area contributed by atoms with Crippen LogP contribution >= 0.6 is 0 Å². The van der Waals surface area contributed by atoms with Crippen LogP contribution in [0.5, 0.6) is 0 Å². The predicted octanol–water partition coefficient (Wildman–Crippen LogP) is 2.93. The summed E-state index contributed by atoms with van der Waals surface area (Å²) in [5.74, 6) is 0. The van der Waals surface area contributed by atoms with E-state index in [1.165, 1.54) is 0 Å². The highest BCUT2D eigenvalue weighted by atomic mass is 16.3. The molecule has 1 unspecified atom stereocenters. The number of aliphatic hydroxyl groups excluding tert-OH is 1. The number of aliphatic hydroxyl groups is 1. The number of para-hydroxylation sites is 1. The lowest BCUT2D eigenvalue weighted by molar-refractivity contribution is 0.199. The highest BCUT2D eigenvalue weighted by Gasteiger charge is 2.02. The molecule has 3 heteroatoms. The summed E-state index contributed by atoms with van der Waals surface area (Å²) in [5, 5.41) is 12.8. The first kappa shape index (κ1) is 12.5. The Balaban J connectivity index is 2.07. The SMILES string of the molecule is CC(O)c1cccc(NCc2ccccc2N)c1. The molecule has 18 heavy (non-hydrogen) atoms. The molecule has 0 saturated carbocycles. The van der Waals surface area contributed by atoms with Gasteiger partial charge in [-0.1, -0.05) is 30.3 Å². The highest BCUT2D eigenvalue weighted by molar-refractivity contribution is 5.51. The van der Waals surface area contributed by atoms with Crippen molar-refractivity contribution in [1.29, 1.82) is 0 Å². The summed E-state index contributed by atoms with van der Waals surface area (Å²) in [5.41, 5.74) is 9.63. The lowest BCUT2D eigenvalue weighted by Gasteiger charge is -2.11. The van der Waals surface area contributed by atoms with Gasteiger partial charge in [0.15, 0.2) is 0 Å². The van der Waals surface area contributed by atoms with E-state index in [9.17, 15) is 5.11 Å². The van der Waals surface area contributed by atoms with Gasteiger partial charge in [-0.15, -0.1) is 0 Å². The summed E-state index contributed by atoms with van der Waals surface area (Å²) in [7, 11) is 0. The lowest BCUT2D eigenvalue weighted by Crippen LogP contribution is -2.03. The van der Waals surface area contributed by atoms with E-state index in [0.717, 1.165) is 22.5 Å². The second kappa shape index (κ2) is 5.56. The molecule has 2 aromatic carbocycles. The van der Waals surface area contributed by atoms with E-state index >= 15 is 0 Å². The fourth-order valence-corrected chi connectivity index (χ4v) is 1.80. The van der Waals surface area contributed by atoms with Crippen molar-refractivity contribution in [2.45, 2.75) is 19.6 Å². The zero-order valence-electron chi connectivity index (χ0n) is 10.4. The first-order valence-electron chi connectivity index (χ1n) is 6.02. The zero-order chi connectivity index (χ0) is 13.0. The largest absolute Gasteiger partial charge is 0.398 e. The Bertz CT molecular complexity index is 523. The van der Waals surface area contributed by atoms with Gasteiger partial charge in [0.2, 0.25) is 0 Å². The molecule has 0 aliphatic heterocycles. The zero-order valence-corrected chi connectivity index (χ0v) is 10.4. The van der Waals surface area contributed by atoms with E-state index in [1.807, 2.05) is 48.5 Å². The van der Waals surface area contributed by atoms with Crippen molar-refractivity contribution in [3.8, 4) is 0 Å². The van der Waals surface area contributed by atoms with E-state index in [-0.39, 0.29) is 0 Å². The summed E-state index contributed by atoms with van der Waals surface area (Å²) < 4.78 is 0. The fourth-order valence-electron chi connectivity index (χ4n) is 1.80. The number of nitrogens with two attached hydrogens (primary N) is 1. The molecule has 4 N–H and O–H groups in total. The van der Waals surface area contributed by atoms with Crippen molar-refractivity contribution in [1.82, 2.24) is 0 Å². The van der Waals surface area contributed by atoms with Gasteiger partial charge in [-0.2, -0.15) is 0 Å². The van der Waals surface area contributed by atoms with Gasteiger partial charge in [0.1, 0.15) is 0 Å². The molecule has 0 aliphatic carbocycles. The van der Waals surface area contributed by atoms with Gasteiger partial charge >= 0.3 is 0 Å². The van der Waals surface area contributed by atoms with Crippen LogP contribution in [0.25, 0.3) is 0 Å². The molecule has 0 aromatic heterocycles. The average Bonchev–Trinajstić information content (AvgIpc) is 2.38. The third-order valence-electron chi connectivity index (χ3n) is 2.91. The molecule has 0 bridgehead atoms. The van der Waals surface area contributed by atoms with Crippen LogP contribution in [-0.2, 0) is 6.54 Å². The quantitative estimate of drug-likeness (QED) is 0.722. The summed E-state index contributed by atoms with van der Waals surface area (Å²) in [6.07, 6.45) is -0.450. The van der Waals surface area contributed by atoms with Crippen molar-refractivity contribution in [2.75, 3.05) is 11.1 Å². The molecule has 0 amide bonds. The summed E-state index contributed by atoms with van der Waals surface area (Å²) in [4.78, 5) is 0. The molecular formula is C15H18N2O. The standard InChI is InChI=1S/C15H18N2O/c1-11(18)12-6-4-7-14(9-12)17-10-13-5-2-3-8-15(13)16/h2-9,11,17-18H,10,16H2,1H3. The van der Waals surface area contributed by atoms with Crippen molar-refractivity contribution in [2.24, 2.45) is 0 Å². The van der Waals surface area contributed by atoms with Crippen LogP contribution in [0.1, 0.15) is 24.2 Å². The van der Waals surface area contributed by atoms with Crippen LogP contribution in [0, 0.1) is 0 Å². The fraction of sp³-hybridized carbons (Fsp3) is 0.200. The first-order chi connectivity index (χ1) is 8.66. The average molecular weight is 242 g/mol. The molecule has 0 radical (unpaired) electrons. The van der Waals surface area contributed by atoms with Crippen LogP contribution in [0.4, 0.5) is 11.4 Å². The van der Waals surface area contributed by atoms with Gasteiger partial charge in [-0.25, -0.2) is 0 Å². The van der Waals surface area contributed by atoms with Gasteiger partial charge in [0, 0.05) is 17.9 Å². The topological polar surface area (TPSA) is 58.3 Å². The molecule has 2 aromatic rings. The minimum Gasteiger partial charge on any atom is -0.398 e. The summed E-state index contributed by atoms with van der Waals surface area (Å²) >= 11 is 0. The van der Waals surface area contributed by atoms with Crippen molar-refractivity contribution in [3.05, 3.63) is 59.7 Å². The maximum absolute atomic E-state index is 9.53. The molecular weight excluding hydrogens is 224 g/mol. The third-order valence-corrected chi connectivity index (χ3v) is 2.91. The van der Waals surface area contributed by atoms with Gasteiger partial charge < -0.3 is 16.2 Å². The van der Waals surface area contributed by atoms with Crippen molar-refractivity contribution in [3.63, 3.8) is 0 Å². The molecule has 1 atom stereocenters. The number of rotatable bonds is 4. The highest BCUT2D eigenvalue weighted by Crippen LogP contribution is 2.18. The van der Waals surface area contributed by atoms with E-state index in [1.54, 1.807) is 6.92 Å². The molecule has 0 aliphatic rings. The maximum atomic E-state index is 9.53. The lowest BCUT2D eigenvalue weighted by atomic mass is 10.1. The van der Waals surface area contributed by atoms with Gasteiger partial charge in [0.05, 0.1) is 6.10 Å².